The second-order valence-electron chi connectivity index (χ2n) is 4.31. The number of methoxy groups -OCH3 is 1. The molecule has 0 aromatic rings. The molecule has 0 aromatic carbocycles. The summed E-state index contributed by atoms with van der Waals surface area (Å²) < 4.78 is 9.70. The zero-order valence-electron chi connectivity index (χ0n) is 12.1. The average Bonchev–Trinajstić information content (AvgIpc) is 2.40. The SMILES string of the molecule is C=C=CC(C(=O)OC)C(CCC)CCC(=O)OCC. The number of esters is 2. The van der Waals surface area contributed by atoms with Gasteiger partial charge in [0, 0.05) is 6.42 Å². The van der Waals surface area contributed by atoms with Crippen LogP contribution in [0.3, 0.4) is 0 Å². The monoisotopic (exact) mass is 268 g/mol. The molecule has 0 heterocycles. The van der Waals surface area contributed by atoms with Gasteiger partial charge in [0.05, 0.1) is 19.6 Å². The Hall–Kier alpha value is -1.54. The molecule has 0 aliphatic rings. The van der Waals surface area contributed by atoms with E-state index in [1.807, 2.05) is 6.92 Å². The Morgan fingerprint density at radius 2 is 2.00 bits per heavy atom. The van der Waals surface area contributed by atoms with Crippen molar-refractivity contribution in [3.8, 4) is 0 Å². The molecule has 19 heavy (non-hydrogen) atoms. The molecule has 0 bridgehead atoms. The Kier molecular flexibility index (Phi) is 9.55. The molecule has 0 N–H and O–H groups in total. The summed E-state index contributed by atoms with van der Waals surface area (Å²) in [5.41, 5.74) is 2.64. The first-order chi connectivity index (χ1) is 9.10. The largest absolute Gasteiger partial charge is 0.469 e. The van der Waals surface area contributed by atoms with Gasteiger partial charge in [-0.05, 0) is 31.8 Å². The second kappa shape index (κ2) is 10.4. The molecule has 108 valence electrons. The minimum Gasteiger partial charge on any atom is -0.469 e. The van der Waals surface area contributed by atoms with E-state index >= 15 is 0 Å². The summed E-state index contributed by atoms with van der Waals surface area (Å²) in [4.78, 5) is 23.1. The van der Waals surface area contributed by atoms with Gasteiger partial charge in [-0.3, -0.25) is 9.59 Å². The molecule has 0 aliphatic heterocycles. The predicted molar refractivity (Wildman–Crippen MR) is 73.5 cm³/mol. The molecule has 0 aliphatic carbocycles. The molecule has 2 unspecified atom stereocenters. The zero-order valence-corrected chi connectivity index (χ0v) is 12.1. The van der Waals surface area contributed by atoms with Gasteiger partial charge in [-0.15, -0.1) is 5.73 Å². The molecule has 0 radical (unpaired) electrons. The van der Waals surface area contributed by atoms with Gasteiger partial charge >= 0.3 is 11.9 Å². The van der Waals surface area contributed by atoms with Crippen molar-refractivity contribution >= 4 is 11.9 Å². The van der Waals surface area contributed by atoms with Crippen LogP contribution in [0, 0.1) is 11.8 Å². The van der Waals surface area contributed by atoms with E-state index in [0.717, 1.165) is 12.8 Å². The fourth-order valence-corrected chi connectivity index (χ4v) is 2.07. The fourth-order valence-electron chi connectivity index (χ4n) is 2.07. The molecule has 0 saturated heterocycles. The summed E-state index contributed by atoms with van der Waals surface area (Å²) in [6.45, 7) is 7.71. The third kappa shape index (κ3) is 6.82. The highest BCUT2D eigenvalue weighted by molar-refractivity contribution is 5.75. The van der Waals surface area contributed by atoms with Crippen LogP contribution < -0.4 is 0 Å². The molecule has 0 spiro atoms. The first-order valence-electron chi connectivity index (χ1n) is 6.70. The Labute approximate surface area is 115 Å². The van der Waals surface area contributed by atoms with Crippen LogP contribution in [0.2, 0.25) is 0 Å². The third-order valence-corrected chi connectivity index (χ3v) is 2.96. The number of hydrogen-bond donors (Lipinski definition) is 0. The molecule has 0 amide bonds. The number of rotatable bonds is 9. The molecule has 2 atom stereocenters. The highest BCUT2D eigenvalue weighted by Crippen LogP contribution is 2.25. The van der Waals surface area contributed by atoms with Crippen molar-refractivity contribution < 1.29 is 19.1 Å². The van der Waals surface area contributed by atoms with Crippen LogP contribution in [0.15, 0.2) is 18.4 Å². The van der Waals surface area contributed by atoms with E-state index < -0.39 is 5.92 Å². The van der Waals surface area contributed by atoms with Crippen LogP contribution >= 0.6 is 0 Å². The molecule has 0 saturated carbocycles. The quantitative estimate of drug-likeness (QED) is 0.476. The summed E-state index contributed by atoms with van der Waals surface area (Å²) >= 11 is 0. The van der Waals surface area contributed by atoms with Gasteiger partial charge in [0.2, 0.25) is 0 Å². The Bertz CT molecular complexity index is 329. The predicted octanol–water partition coefficient (Wildman–Crippen LogP) is 2.88. The lowest BCUT2D eigenvalue weighted by Gasteiger charge is -2.21. The van der Waals surface area contributed by atoms with Crippen LogP contribution in [0.25, 0.3) is 0 Å². The van der Waals surface area contributed by atoms with Crippen molar-refractivity contribution in [2.75, 3.05) is 13.7 Å². The van der Waals surface area contributed by atoms with Gasteiger partial charge in [0.25, 0.3) is 0 Å². The van der Waals surface area contributed by atoms with E-state index in [4.69, 9.17) is 9.47 Å². The van der Waals surface area contributed by atoms with Gasteiger partial charge in [-0.2, -0.15) is 0 Å². The van der Waals surface area contributed by atoms with Gasteiger partial charge in [-0.25, -0.2) is 0 Å². The second-order valence-corrected chi connectivity index (χ2v) is 4.31. The Morgan fingerprint density at radius 1 is 1.32 bits per heavy atom. The van der Waals surface area contributed by atoms with E-state index in [0.29, 0.717) is 19.4 Å². The van der Waals surface area contributed by atoms with Crippen LogP contribution in [-0.2, 0) is 19.1 Å². The average molecular weight is 268 g/mol. The van der Waals surface area contributed by atoms with Crippen LogP contribution in [-0.4, -0.2) is 25.7 Å². The highest BCUT2D eigenvalue weighted by atomic mass is 16.5. The van der Waals surface area contributed by atoms with Crippen molar-refractivity contribution in [2.24, 2.45) is 11.8 Å². The van der Waals surface area contributed by atoms with E-state index in [9.17, 15) is 9.59 Å². The van der Waals surface area contributed by atoms with Crippen molar-refractivity contribution in [2.45, 2.75) is 39.5 Å². The van der Waals surface area contributed by atoms with Crippen molar-refractivity contribution in [3.05, 3.63) is 18.4 Å². The summed E-state index contributed by atoms with van der Waals surface area (Å²) in [6.07, 6.45) is 4.32. The summed E-state index contributed by atoms with van der Waals surface area (Å²) in [6, 6.07) is 0. The lowest BCUT2D eigenvalue weighted by Crippen LogP contribution is -2.24. The van der Waals surface area contributed by atoms with Crippen LogP contribution in [0.4, 0.5) is 0 Å². The maximum absolute atomic E-state index is 11.8. The van der Waals surface area contributed by atoms with Gasteiger partial charge in [0.1, 0.15) is 0 Å². The maximum Gasteiger partial charge on any atom is 0.313 e. The number of ether oxygens (including phenoxy) is 2. The molecule has 4 heteroatoms. The third-order valence-electron chi connectivity index (χ3n) is 2.96. The van der Waals surface area contributed by atoms with Crippen molar-refractivity contribution in [1.29, 1.82) is 0 Å². The topological polar surface area (TPSA) is 52.6 Å². The number of carbonyl (C=O) groups is 2. The molecule has 0 rings (SSSR count). The maximum atomic E-state index is 11.8. The number of hydrogen-bond acceptors (Lipinski definition) is 4. The molecular weight excluding hydrogens is 244 g/mol. The lowest BCUT2D eigenvalue weighted by molar-refractivity contribution is -0.147. The fraction of sp³-hybridized carbons (Fsp3) is 0.667. The van der Waals surface area contributed by atoms with Crippen molar-refractivity contribution in [3.63, 3.8) is 0 Å². The zero-order chi connectivity index (χ0) is 14.7. The summed E-state index contributed by atoms with van der Waals surface area (Å²) in [7, 11) is 1.36. The van der Waals surface area contributed by atoms with Gasteiger partial charge < -0.3 is 9.47 Å². The minimum atomic E-state index is -0.392. The summed E-state index contributed by atoms with van der Waals surface area (Å²) in [5.74, 6) is -0.874. The number of carbonyl (C=O) groups excluding carboxylic acids is 2. The van der Waals surface area contributed by atoms with E-state index in [-0.39, 0.29) is 17.9 Å². The van der Waals surface area contributed by atoms with E-state index in [1.165, 1.54) is 7.11 Å². The highest BCUT2D eigenvalue weighted by Gasteiger charge is 2.26. The van der Waals surface area contributed by atoms with Crippen LogP contribution in [0.5, 0.6) is 0 Å². The Balaban J connectivity index is 4.69. The molecule has 0 fully saturated rings. The molecule has 4 nitrogen and oxygen atoms in total. The molecular formula is C15H24O4. The normalized spacial score (nSPS) is 13.0. The summed E-state index contributed by atoms with van der Waals surface area (Å²) in [5, 5.41) is 0. The van der Waals surface area contributed by atoms with Crippen LogP contribution in [0.1, 0.15) is 39.5 Å². The standard InChI is InChI=1S/C15H24O4/c1-5-8-12(10-11-14(16)19-7-3)13(9-6-2)15(17)18-4/h9,12-13H,2,5,7-8,10-11H2,1,3-4H3. The minimum absolute atomic E-state index is 0.0520. The Morgan fingerprint density at radius 3 is 2.47 bits per heavy atom. The first-order valence-corrected chi connectivity index (χ1v) is 6.70. The van der Waals surface area contributed by atoms with E-state index in [1.54, 1.807) is 13.0 Å². The van der Waals surface area contributed by atoms with Gasteiger partial charge in [0.15, 0.2) is 0 Å². The van der Waals surface area contributed by atoms with E-state index in [2.05, 4.69) is 12.3 Å². The molecule has 0 aromatic heterocycles. The van der Waals surface area contributed by atoms with Crippen molar-refractivity contribution in [1.82, 2.24) is 0 Å². The smallest absolute Gasteiger partial charge is 0.313 e. The van der Waals surface area contributed by atoms with Gasteiger partial charge in [-0.1, -0.05) is 19.9 Å². The first kappa shape index (κ1) is 17.5. The lowest BCUT2D eigenvalue weighted by atomic mass is 9.85.